The van der Waals surface area contributed by atoms with E-state index in [0.29, 0.717) is 11.4 Å². The Morgan fingerprint density at radius 1 is 1.22 bits per heavy atom. The molecule has 0 amide bonds. The van der Waals surface area contributed by atoms with Crippen molar-refractivity contribution in [1.29, 1.82) is 0 Å². The highest BCUT2D eigenvalue weighted by atomic mass is 32.2. The molecule has 0 bridgehead atoms. The maximum absolute atomic E-state index is 11.3. The van der Waals surface area contributed by atoms with Gasteiger partial charge >= 0.3 is 0 Å². The minimum Gasteiger partial charge on any atom is -0.437 e. The van der Waals surface area contributed by atoms with E-state index in [1.807, 2.05) is 0 Å². The van der Waals surface area contributed by atoms with E-state index in [0.717, 1.165) is 6.26 Å². The standard InChI is InChI=1S/C11H11N3O3S/c1-18(15,16)9-4-2-8(3-5-9)17-11-10(12)6-13-7-14-11/h2-7H,12H2,1H3. The van der Waals surface area contributed by atoms with Crippen LogP contribution in [0.25, 0.3) is 0 Å². The number of nitrogens with zero attached hydrogens (tertiary/aromatic N) is 2. The Hall–Kier alpha value is -2.15. The van der Waals surface area contributed by atoms with Crippen LogP contribution in [0.5, 0.6) is 11.6 Å². The van der Waals surface area contributed by atoms with E-state index in [9.17, 15) is 8.42 Å². The molecule has 1 heterocycles. The zero-order valence-corrected chi connectivity index (χ0v) is 10.4. The maximum atomic E-state index is 11.3. The number of benzene rings is 1. The fraction of sp³-hybridized carbons (Fsp3) is 0.0909. The summed E-state index contributed by atoms with van der Waals surface area (Å²) in [7, 11) is -3.21. The van der Waals surface area contributed by atoms with Gasteiger partial charge in [0.25, 0.3) is 0 Å². The summed E-state index contributed by atoms with van der Waals surface area (Å²) < 4.78 is 28.0. The Morgan fingerprint density at radius 2 is 1.89 bits per heavy atom. The molecule has 1 aromatic heterocycles. The molecule has 7 heteroatoms. The van der Waals surface area contributed by atoms with Crippen LogP contribution < -0.4 is 10.5 Å². The molecule has 0 unspecified atom stereocenters. The second-order valence-electron chi connectivity index (χ2n) is 3.63. The fourth-order valence-electron chi connectivity index (χ4n) is 1.28. The number of hydrogen-bond donors (Lipinski definition) is 1. The van der Waals surface area contributed by atoms with Gasteiger partial charge in [0.1, 0.15) is 17.8 Å². The van der Waals surface area contributed by atoms with Crippen LogP contribution in [-0.4, -0.2) is 24.6 Å². The van der Waals surface area contributed by atoms with Gasteiger partial charge in [0.2, 0.25) is 5.88 Å². The van der Waals surface area contributed by atoms with Crippen LogP contribution in [0.2, 0.25) is 0 Å². The smallest absolute Gasteiger partial charge is 0.245 e. The van der Waals surface area contributed by atoms with Gasteiger partial charge in [-0.1, -0.05) is 0 Å². The first-order chi connectivity index (χ1) is 8.47. The summed E-state index contributed by atoms with van der Waals surface area (Å²) in [6.45, 7) is 0. The third-order valence-corrected chi connectivity index (χ3v) is 3.30. The highest BCUT2D eigenvalue weighted by Crippen LogP contribution is 2.24. The lowest BCUT2D eigenvalue weighted by Crippen LogP contribution is -1.98. The molecule has 0 saturated heterocycles. The number of nitrogen functional groups attached to an aromatic ring is 1. The second-order valence-corrected chi connectivity index (χ2v) is 5.64. The Bertz CT molecular complexity index is 653. The summed E-state index contributed by atoms with van der Waals surface area (Å²) in [6.07, 6.45) is 3.88. The zero-order valence-electron chi connectivity index (χ0n) is 9.57. The van der Waals surface area contributed by atoms with Gasteiger partial charge in [-0.15, -0.1) is 0 Å². The average Bonchev–Trinajstić information content (AvgIpc) is 2.32. The molecule has 0 radical (unpaired) electrons. The van der Waals surface area contributed by atoms with E-state index in [-0.39, 0.29) is 10.8 Å². The largest absolute Gasteiger partial charge is 0.437 e. The lowest BCUT2D eigenvalue weighted by Gasteiger charge is -2.06. The minimum absolute atomic E-state index is 0.227. The predicted molar refractivity (Wildman–Crippen MR) is 66.1 cm³/mol. The number of hydrogen-bond acceptors (Lipinski definition) is 6. The Balaban J connectivity index is 2.24. The Morgan fingerprint density at radius 3 is 2.44 bits per heavy atom. The van der Waals surface area contributed by atoms with E-state index in [2.05, 4.69) is 9.97 Å². The monoisotopic (exact) mass is 265 g/mol. The fourth-order valence-corrected chi connectivity index (χ4v) is 1.91. The van der Waals surface area contributed by atoms with Gasteiger partial charge in [0.15, 0.2) is 9.84 Å². The molecule has 0 aliphatic heterocycles. The van der Waals surface area contributed by atoms with Gasteiger partial charge < -0.3 is 10.5 Å². The van der Waals surface area contributed by atoms with Crippen molar-refractivity contribution in [3.63, 3.8) is 0 Å². The quantitative estimate of drug-likeness (QED) is 0.897. The molecule has 6 nitrogen and oxygen atoms in total. The van der Waals surface area contributed by atoms with Gasteiger partial charge in [-0.3, -0.25) is 0 Å². The summed E-state index contributed by atoms with van der Waals surface area (Å²) in [5, 5.41) is 0. The van der Waals surface area contributed by atoms with Gasteiger partial charge in [0.05, 0.1) is 11.1 Å². The van der Waals surface area contributed by atoms with Crippen molar-refractivity contribution in [3.05, 3.63) is 36.8 Å². The van der Waals surface area contributed by atoms with Crippen LogP contribution in [0.1, 0.15) is 0 Å². The molecule has 2 rings (SSSR count). The van der Waals surface area contributed by atoms with Crippen molar-refractivity contribution in [2.75, 3.05) is 12.0 Å². The highest BCUT2D eigenvalue weighted by molar-refractivity contribution is 7.90. The molecule has 2 N–H and O–H groups in total. The van der Waals surface area contributed by atoms with Crippen LogP contribution >= 0.6 is 0 Å². The third-order valence-electron chi connectivity index (χ3n) is 2.17. The first-order valence-corrected chi connectivity index (χ1v) is 6.89. The van der Waals surface area contributed by atoms with E-state index in [1.54, 1.807) is 0 Å². The molecular weight excluding hydrogens is 254 g/mol. The summed E-state index contributed by atoms with van der Waals surface area (Å²) in [5.41, 5.74) is 5.93. The molecule has 0 saturated carbocycles. The molecule has 0 atom stereocenters. The number of nitrogens with two attached hydrogens (primary N) is 1. The number of ether oxygens (including phenoxy) is 1. The first kappa shape index (κ1) is 12.3. The molecule has 2 aromatic rings. The van der Waals surface area contributed by atoms with Crippen molar-refractivity contribution >= 4 is 15.5 Å². The molecule has 0 fully saturated rings. The van der Waals surface area contributed by atoms with Gasteiger partial charge in [-0.25, -0.2) is 13.4 Å². The molecular formula is C11H11N3O3S. The summed E-state index contributed by atoms with van der Waals surface area (Å²) in [4.78, 5) is 7.83. The van der Waals surface area contributed by atoms with Crippen LogP contribution in [0.3, 0.4) is 0 Å². The Kier molecular flexibility index (Phi) is 3.15. The number of rotatable bonds is 3. The van der Waals surface area contributed by atoms with Crippen molar-refractivity contribution in [2.24, 2.45) is 0 Å². The second kappa shape index (κ2) is 4.61. The number of sulfone groups is 1. The number of anilines is 1. The molecule has 0 aliphatic rings. The highest BCUT2D eigenvalue weighted by Gasteiger charge is 2.08. The van der Waals surface area contributed by atoms with Crippen molar-refractivity contribution in [1.82, 2.24) is 9.97 Å². The predicted octanol–water partition coefficient (Wildman–Crippen LogP) is 1.25. The van der Waals surface area contributed by atoms with Crippen molar-refractivity contribution in [2.45, 2.75) is 4.90 Å². The third kappa shape index (κ3) is 2.75. The maximum Gasteiger partial charge on any atom is 0.245 e. The summed E-state index contributed by atoms with van der Waals surface area (Å²) >= 11 is 0. The SMILES string of the molecule is CS(=O)(=O)c1ccc(Oc2ncncc2N)cc1. The Labute approximate surface area is 104 Å². The molecule has 94 valence electrons. The van der Waals surface area contributed by atoms with E-state index in [1.165, 1.54) is 36.8 Å². The van der Waals surface area contributed by atoms with Crippen LogP contribution in [0.4, 0.5) is 5.69 Å². The van der Waals surface area contributed by atoms with Crippen molar-refractivity contribution < 1.29 is 13.2 Å². The topological polar surface area (TPSA) is 95.2 Å². The normalized spacial score (nSPS) is 11.2. The van der Waals surface area contributed by atoms with E-state index in [4.69, 9.17) is 10.5 Å². The van der Waals surface area contributed by atoms with Gasteiger partial charge in [-0.2, -0.15) is 4.98 Å². The lowest BCUT2D eigenvalue weighted by atomic mass is 10.3. The van der Waals surface area contributed by atoms with E-state index < -0.39 is 9.84 Å². The first-order valence-electron chi connectivity index (χ1n) is 5.00. The number of aromatic nitrogens is 2. The average molecular weight is 265 g/mol. The zero-order chi connectivity index (χ0) is 13.2. The summed E-state index contributed by atoms with van der Waals surface area (Å²) in [5.74, 6) is 0.685. The van der Waals surface area contributed by atoms with Crippen LogP contribution in [-0.2, 0) is 9.84 Å². The van der Waals surface area contributed by atoms with Crippen molar-refractivity contribution in [3.8, 4) is 11.6 Å². The van der Waals surface area contributed by atoms with Gasteiger partial charge in [0, 0.05) is 6.26 Å². The molecule has 0 aliphatic carbocycles. The minimum atomic E-state index is -3.21. The summed E-state index contributed by atoms with van der Waals surface area (Å²) in [6, 6.07) is 6.00. The molecule has 1 aromatic carbocycles. The molecule has 0 spiro atoms. The van der Waals surface area contributed by atoms with E-state index >= 15 is 0 Å². The van der Waals surface area contributed by atoms with Gasteiger partial charge in [-0.05, 0) is 24.3 Å². The van der Waals surface area contributed by atoms with Crippen LogP contribution in [0, 0.1) is 0 Å². The molecule has 18 heavy (non-hydrogen) atoms. The lowest BCUT2D eigenvalue weighted by molar-refractivity contribution is 0.464. The van der Waals surface area contributed by atoms with Crippen LogP contribution in [0.15, 0.2) is 41.7 Å².